The Balaban J connectivity index is 0.00000144. The van der Waals surface area contributed by atoms with Crippen molar-refractivity contribution in [2.24, 2.45) is 12.5 Å². The molecule has 1 fully saturated rings. The number of halogens is 2. The van der Waals surface area contributed by atoms with E-state index < -0.39 is 0 Å². The molecule has 98 valence electrons. The van der Waals surface area contributed by atoms with Gasteiger partial charge in [0.1, 0.15) is 5.15 Å². The van der Waals surface area contributed by atoms with Gasteiger partial charge in [-0.2, -0.15) is 5.10 Å². The van der Waals surface area contributed by atoms with Gasteiger partial charge in [0.25, 0.3) is 0 Å². The normalized spacial score (nSPS) is 17.4. The van der Waals surface area contributed by atoms with Gasteiger partial charge in [0.05, 0.1) is 5.69 Å². The predicted molar refractivity (Wildman–Crippen MR) is 73.9 cm³/mol. The minimum Gasteiger partial charge on any atom is -0.312 e. The second kappa shape index (κ2) is 5.59. The number of aryl methyl sites for hydroxylation is 2. The first-order chi connectivity index (χ1) is 7.52. The van der Waals surface area contributed by atoms with Gasteiger partial charge in [-0.1, -0.05) is 24.9 Å². The van der Waals surface area contributed by atoms with Crippen LogP contribution in [0.5, 0.6) is 0 Å². The van der Waals surface area contributed by atoms with Crippen LogP contribution in [-0.4, -0.2) is 16.3 Å². The van der Waals surface area contributed by atoms with Crippen molar-refractivity contribution in [2.45, 2.75) is 39.7 Å². The zero-order valence-corrected chi connectivity index (χ0v) is 12.3. The number of aromatic nitrogens is 2. The summed E-state index contributed by atoms with van der Waals surface area (Å²) in [4.78, 5) is 0. The largest absolute Gasteiger partial charge is 0.312 e. The molecule has 3 nitrogen and oxygen atoms in total. The van der Waals surface area contributed by atoms with E-state index in [0.29, 0.717) is 5.41 Å². The third-order valence-corrected chi connectivity index (χ3v) is 4.16. The molecular formula is C12H21Cl2N3. The lowest BCUT2D eigenvalue weighted by Gasteiger charge is -2.38. The summed E-state index contributed by atoms with van der Waals surface area (Å²) in [5, 5.41) is 8.56. The Kier molecular flexibility index (Phi) is 4.87. The summed E-state index contributed by atoms with van der Waals surface area (Å²) in [6.45, 7) is 6.26. The maximum atomic E-state index is 6.17. The average Bonchev–Trinajstić information content (AvgIpc) is 2.42. The van der Waals surface area contributed by atoms with Crippen molar-refractivity contribution in [3.63, 3.8) is 0 Å². The number of rotatable bonds is 4. The number of hydrogen-bond donors (Lipinski definition) is 1. The van der Waals surface area contributed by atoms with E-state index in [1.807, 2.05) is 14.0 Å². The van der Waals surface area contributed by atoms with E-state index in [9.17, 15) is 0 Å². The van der Waals surface area contributed by atoms with Crippen molar-refractivity contribution in [1.29, 1.82) is 0 Å². The molecule has 1 heterocycles. The van der Waals surface area contributed by atoms with Crippen LogP contribution in [0, 0.1) is 12.3 Å². The number of hydrogen-bond acceptors (Lipinski definition) is 2. The van der Waals surface area contributed by atoms with Gasteiger partial charge >= 0.3 is 0 Å². The lowest BCUT2D eigenvalue weighted by molar-refractivity contribution is 0.156. The second-order valence-corrected chi connectivity index (χ2v) is 5.60. The Morgan fingerprint density at radius 2 is 2.12 bits per heavy atom. The molecule has 5 heteroatoms. The molecule has 0 unspecified atom stereocenters. The van der Waals surface area contributed by atoms with Gasteiger partial charge in [0.15, 0.2) is 0 Å². The fourth-order valence-corrected chi connectivity index (χ4v) is 2.56. The topological polar surface area (TPSA) is 29.9 Å². The first-order valence-electron chi connectivity index (χ1n) is 5.90. The molecule has 0 bridgehead atoms. The maximum Gasteiger partial charge on any atom is 0.131 e. The van der Waals surface area contributed by atoms with Crippen LogP contribution < -0.4 is 5.32 Å². The molecule has 0 atom stereocenters. The highest BCUT2D eigenvalue weighted by Gasteiger charge is 2.31. The molecule has 0 amide bonds. The molecule has 0 aliphatic heterocycles. The van der Waals surface area contributed by atoms with Gasteiger partial charge < -0.3 is 5.32 Å². The Morgan fingerprint density at radius 3 is 2.53 bits per heavy atom. The molecule has 17 heavy (non-hydrogen) atoms. The Labute approximate surface area is 114 Å². The third kappa shape index (κ3) is 3.15. The van der Waals surface area contributed by atoms with Gasteiger partial charge in [-0.05, 0) is 25.2 Å². The Hall–Kier alpha value is -0.250. The lowest BCUT2D eigenvalue weighted by Crippen LogP contribution is -2.37. The highest BCUT2D eigenvalue weighted by molar-refractivity contribution is 6.30. The SMILES string of the molecule is Cc1nn(C)c(Cl)c1CNCC1(C)CCC1.Cl. The summed E-state index contributed by atoms with van der Waals surface area (Å²) in [6, 6.07) is 0. The van der Waals surface area contributed by atoms with E-state index in [1.54, 1.807) is 4.68 Å². The van der Waals surface area contributed by atoms with Crippen molar-refractivity contribution in [3.05, 3.63) is 16.4 Å². The Bertz CT molecular complexity index is 383. The van der Waals surface area contributed by atoms with Crippen LogP contribution in [0.4, 0.5) is 0 Å². The van der Waals surface area contributed by atoms with Gasteiger partial charge in [-0.15, -0.1) is 12.4 Å². The standard InChI is InChI=1S/C12H20ClN3.ClH/c1-9-10(11(13)16(3)15-9)7-14-8-12(2)5-4-6-12;/h14H,4-8H2,1-3H3;1H. The maximum absolute atomic E-state index is 6.17. The molecule has 1 N–H and O–H groups in total. The van der Waals surface area contributed by atoms with Gasteiger partial charge in [0, 0.05) is 25.7 Å². The first kappa shape index (κ1) is 14.8. The predicted octanol–water partition coefficient (Wildman–Crippen LogP) is 3.08. The monoisotopic (exact) mass is 277 g/mol. The zero-order chi connectivity index (χ0) is 11.8. The summed E-state index contributed by atoms with van der Waals surface area (Å²) < 4.78 is 1.74. The van der Waals surface area contributed by atoms with Crippen LogP contribution in [0.15, 0.2) is 0 Å². The van der Waals surface area contributed by atoms with Crippen LogP contribution in [-0.2, 0) is 13.6 Å². The second-order valence-electron chi connectivity index (χ2n) is 5.25. The lowest BCUT2D eigenvalue weighted by atomic mass is 9.70. The molecule has 0 aromatic carbocycles. The average molecular weight is 278 g/mol. The van der Waals surface area contributed by atoms with E-state index in [-0.39, 0.29) is 12.4 Å². The van der Waals surface area contributed by atoms with Crippen LogP contribution >= 0.6 is 24.0 Å². The molecule has 0 saturated heterocycles. The third-order valence-electron chi connectivity index (χ3n) is 3.68. The van der Waals surface area contributed by atoms with Gasteiger partial charge in [-0.25, -0.2) is 0 Å². The van der Waals surface area contributed by atoms with E-state index in [0.717, 1.165) is 29.5 Å². The van der Waals surface area contributed by atoms with Crippen molar-refractivity contribution in [3.8, 4) is 0 Å². The summed E-state index contributed by atoms with van der Waals surface area (Å²) >= 11 is 6.17. The van der Waals surface area contributed by atoms with Gasteiger partial charge in [0.2, 0.25) is 0 Å². The quantitative estimate of drug-likeness (QED) is 0.917. The van der Waals surface area contributed by atoms with Crippen molar-refractivity contribution in [2.75, 3.05) is 6.54 Å². The van der Waals surface area contributed by atoms with Crippen molar-refractivity contribution >= 4 is 24.0 Å². The minimum atomic E-state index is 0. The van der Waals surface area contributed by atoms with Gasteiger partial charge in [-0.3, -0.25) is 4.68 Å². The van der Waals surface area contributed by atoms with Crippen LogP contribution in [0.2, 0.25) is 5.15 Å². The smallest absolute Gasteiger partial charge is 0.131 e. The molecule has 2 rings (SSSR count). The highest BCUT2D eigenvalue weighted by Crippen LogP contribution is 2.39. The molecular weight excluding hydrogens is 257 g/mol. The van der Waals surface area contributed by atoms with E-state index in [2.05, 4.69) is 17.3 Å². The molecule has 1 aliphatic carbocycles. The molecule has 1 saturated carbocycles. The zero-order valence-electron chi connectivity index (χ0n) is 10.7. The summed E-state index contributed by atoms with van der Waals surface area (Å²) in [5.41, 5.74) is 2.67. The van der Waals surface area contributed by atoms with Crippen LogP contribution in [0.3, 0.4) is 0 Å². The molecule has 1 aliphatic rings. The summed E-state index contributed by atoms with van der Waals surface area (Å²) in [7, 11) is 1.88. The van der Waals surface area contributed by atoms with E-state index >= 15 is 0 Å². The van der Waals surface area contributed by atoms with E-state index in [1.165, 1.54) is 19.3 Å². The van der Waals surface area contributed by atoms with Crippen LogP contribution in [0.1, 0.15) is 37.4 Å². The fraction of sp³-hybridized carbons (Fsp3) is 0.750. The number of nitrogens with one attached hydrogen (secondary N) is 1. The fourth-order valence-electron chi connectivity index (χ4n) is 2.32. The molecule has 1 aromatic rings. The van der Waals surface area contributed by atoms with E-state index in [4.69, 9.17) is 11.6 Å². The molecule has 0 spiro atoms. The Morgan fingerprint density at radius 1 is 1.47 bits per heavy atom. The first-order valence-corrected chi connectivity index (χ1v) is 6.28. The summed E-state index contributed by atoms with van der Waals surface area (Å²) in [5.74, 6) is 0. The summed E-state index contributed by atoms with van der Waals surface area (Å²) in [6.07, 6.45) is 4.07. The van der Waals surface area contributed by atoms with Crippen LogP contribution in [0.25, 0.3) is 0 Å². The molecule has 0 radical (unpaired) electrons. The number of nitrogens with zero attached hydrogens (tertiary/aromatic N) is 2. The highest BCUT2D eigenvalue weighted by atomic mass is 35.5. The minimum absolute atomic E-state index is 0. The van der Waals surface area contributed by atoms with Crippen molar-refractivity contribution < 1.29 is 0 Å². The molecule has 1 aromatic heterocycles. The van der Waals surface area contributed by atoms with Crippen molar-refractivity contribution in [1.82, 2.24) is 15.1 Å².